The maximum atomic E-state index is 6.20. The molecular weight excluding hydrogens is 1430 g/mol. The average Bonchev–Trinajstić information content (AvgIpc) is 1.53. The van der Waals surface area contributed by atoms with Gasteiger partial charge in [-0.15, -0.1) is 0 Å². The molecule has 114 heavy (non-hydrogen) atoms. The lowest BCUT2D eigenvalue weighted by atomic mass is 10.00. The van der Waals surface area contributed by atoms with E-state index >= 15 is 0 Å². The second kappa shape index (κ2) is 28.5. The Morgan fingerprint density at radius 1 is 0.246 bits per heavy atom. The van der Waals surface area contributed by atoms with Crippen LogP contribution in [-0.4, -0.2) is 47.9 Å². The van der Waals surface area contributed by atoms with Gasteiger partial charge in [-0.1, -0.05) is 394 Å². The summed E-state index contributed by atoms with van der Waals surface area (Å²) in [6, 6.07) is 162. The van der Waals surface area contributed by atoms with E-state index in [1.165, 1.54) is 84.3 Å². The molecule has 20 aromatic rings. The van der Waals surface area contributed by atoms with Gasteiger partial charge in [0.25, 0.3) is 0 Å². The van der Waals surface area contributed by atoms with Crippen molar-refractivity contribution in [1.29, 1.82) is 0 Å². The summed E-state index contributed by atoms with van der Waals surface area (Å²) in [4.78, 5) is 12.3. The van der Waals surface area contributed by atoms with Crippen LogP contribution in [0.25, 0.3) is 100 Å². The second-order valence-corrected chi connectivity index (χ2v) is 41.5. The first kappa shape index (κ1) is 68.2. The number of aromatic nitrogens is 5. The molecule has 4 aromatic heterocycles. The minimum absolute atomic E-state index is 0.593. The van der Waals surface area contributed by atoms with Gasteiger partial charge in [-0.25, -0.2) is 4.98 Å². The molecule has 1 aliphatic rings. The van der Waals surface area contributed by atoms with Gasteiger partial charge in [0.2, 0.25) is 5.95 Å². The molecule has 0 saturated heterocycles. The summed E-state index contributed by atoms with van der Waals surface area (Å²) in [5.74, 6) is 1.36. The summed E-state index contributed by atoms with van der Waals surface area (Å²) >= 11 is 0. The van der Waals surface area contributed by atoms with Gasteiger partial charge in [0.1, 0.15) is 5.82 Å². The number of rotatable bonds is 17. The molecule has 0 spiro atoms. The third-order valence-electron chi connectivity index (χ3n) is 24.2. The van der Waals surface area contributed by atoms with E-state index in [1.807, 2.05) is 0 Å². The van der Waals surface area contributed by atoms with Crippen molar-refractivity contribution >= 4 is 147 Å². The molecule has 538 valence electrons. The molecule has 21 rings (SSSR count). The zero-order valence-corrected chi connectivity index (χ0v) is 65.8. The molecule has 0 bridgehead atoms. The molecule has 0 atom stereocenters. The molecular formula is C106H77N5Si3. The summed E-state index contributed by atoms with van der Waals surface area (Å²) in [5, 5.41) is 21.4. The third kappa shape index (κ3) is 10.9. The topological polar surface area (TPSA) is 40.6 Å². The van der Waals surface area contributed by atoms with Crippen LogP contribution in [0.3, 0.4) is 0 Å². The Labute approximate surface area is 666 Å². The van der Waals surface area contributed by atoms with Crippen LogP contribution in [-0.2, 0) is 6.42 Å². The van der Waals surface area contributed by atoms with Crippen molar-refractivity contribution in [2.24, 2.45) is 0 Å². The minimum atomic E-state index is -3.21. The summed E-state index contributed by atoms with van der Waals surface area (Å²) in [5.41, 5.74) is 13.1. The van der Waals surface area contributed by atoms with Gasteiger partial charge in [-0.05, 0) is 134 Å². The second-order valence-electron chi connectivity index (χ2n) is 30.1. The van der Waals surface area contributed by atoms with Gasteiger partial charge in [0.05, 0.1) is 39.0 Å². The van der Waals surface area contributed by atoms with Crippen LogP contribution in [0.2, 0.25) is 0 Å². The first-order valence-electron chi connectivity index (χ1n) is 39.6. The summed E-state index contributed by atoms with van der Waals surface area (Å²) < 4.78 is 7.43. The van der Waals surface area contributed by atoms with E-state index in [0.29, 0.717) is 5.95 Å². The molecule has 0 aliphatic heterocycles. The monoisotopic (exact) mass is 1500 g/mol. The number of hydrogen-bond acceptors (Lipinski definition) is 2. The molecule has 0 unspecified atom stereocenters. The number of allylic oxidation sites excluding steroid dienone is 1. The van der Waals surface area contributed by atoms with Crippen LogP contribution < -0.4 is 62.2 Å². The smallest absolute Gasteiger partial charge is 0.237 e. The highest BCUT2D eigenvalue weighted by molar-refractivity contribution is 7.21. The predicted molar refractivity (Wildman–Crippen MR) is 487 cm³/mol. The SMILES string of the molecule is C1=Cc2c(c3ccc4c(c5ccccc5n4-c4cccc([Si](c5ccccc5)(c5ccccc5)c5ccccc5)c4)c3n2-c2nc(-c3cccc([Si](c4ccccc4)(c4ccccc4)c4cccc(-c5ccccc5)c4)c3)cc(-n3c4ccccc4c4ccc([Si](c5ccccc5)(c5ccccc5)c5ccccc5)cc43)n2)CC1. The summed E-state index contributed by atoms with van der Waals surface area (Å²) in [7, 11) is -9.24. The van der Waals surface area contributed by atoms with Crippen molar-refractivity contribution in [2.45, 2.75) is 12.8 Å². The first-order chi connectivity index (χ1) is 56.6. The molecule has 5 nitrogen and oxygen atoms in total. The van der Waals surface area contributed by atoms with E-state index in [4.69, 9.17) is 9.97 Å². The highest BCUT2D eigenvalue weighted by Crippen LogP contribution is 2.44. The average molecular weight is 1510 g/mol. The molecule has 1 aliphatic carbocycles. The summed E-state index contributed by atoms with van der Waals surface area (Å²) in [6.07, 6.45) is 6.48. The highest BCUT2D eigenvalue weighted by Gasteiger charge is 2.45. The van der Waals surface area contributed by atoms with Crippen LogP contribution >= 0.6 is 0 Å². The molecule has 0 amide bonds. The van der Waals surface area contributed by atoms with E-state index in [1.54, 1.807) is 0 Å². The highest BCUT2D eigenvalue weighted by atomic mass is 28.3. The fourth-order valence-corrected chi connectivity index (χ4v) is 33.7. The van der Waals surface area contributed by atoms with E-state index in [2.05, 4.69) is 457 Å². The van der Waals surface area contributed by atoms with Crippen molar-refractivity contribution in [3.63, 3.8) is 0 Å². The Morgan fingerprint density at radius 3 is 1.15 bits per heavy atom. The Kier molecular flexibility index (Phi) is 17.0. The number of hydrogen-bond donors (Lipinski definition) is 0. The number of nitrogens with zero attached hydrogens (tertiary/aromatic N) is 5. The van der Waals surface area contributed by atoms with Crippen LogP contribution in [0.4, 0.5) is 0 Å². The van der Waals surface area contributed by atoms with E-state index in [0.717, 1.165) is 90.4 Å². The molecule has 16 aromatic carbocycles. The lowest BCUT2D eigenvalue weighted by molar-refractivity contribution is 0.905. The number of aryl methyl sites for hydroxylation is 1. The normalized spacial score (nSPS) is 12.5. The van der Waals surface area contributed by atoms with Gasteiger partial charge in [0.15, 0.2) is 24.2 Å². The number of benzene rings is 16. The van der Waals surface area contributed by atoms with Crippen LogP contribution in [0.5, 0.6) is 0 Å². The maximum absolute atomic E-state index is 6.20. The van der Waals surface area contributed by atoms with E-state index in [9.17, 15) is 0 Å². The zero-order chi connectivity index (χ0) is 75.6. The van der Waals surface area contributed by atoms with Gasteiger partial charge in [-0.3, -0.25) is 9.13 Å². The Morgan fingerprint density at radius 2 is 0.632 bits per heavy atom. The number of fused-ring (bicyclic) bond motifs is 10. The standard InChI is InChI=1S/C106H77N5Si3/c1-10-37-76(38-11-1)77-39-34-58-88(71-77)114(86-54-24-8-25-55-86,87-56-26-9-27-57-87)89-59-35-40-78(72-89)97-75-103(110-98-64-31-28-61-92(98)94-68-67-91(74-102(94)110)113(83-48-18-5-19-49-83,84-50-20-6-21-51-84)85-52-22-7-23-53-85)108-106(107-97)111-99-65-32-29-62-93(99)95-69-70-101-104(105(95)111)96-63-30-33-66-100(96)109(101)79-41-36-60-90(73-79)112(80-42-12-2-13-43-80,81-44-14-3-15-45-81)82-46-16-4-17-47-82/h1-28,30-61,63-75H,29,62H2. The number of para-hydroxylation sites is 2. The van der Waals surface area contributed by atoms with Crippen molar-refractivity contribution in [1.82, 2.24) is 23.7 Å². The van der Waals surface area contributed by atoms with Crippen molar-refractivity contribution in [2.75, 3.05) is 0 Å². The van der Waals surface area contributed by atoms with Crippen molar-refractivity contribution < 1.29 is 0 Å². The third-order valence-corrected chi connectivity index (χ3v) is 38.5. The minimum Gasteiger partial charge on any atom is -0.309 e. The van der Waals surface area contributed by atoms with Crippen LogP contribution in [0.1, 0.15) is 17.7 Å². The van der Waals surface area contributed by atoms with E-state index < -0.39 is 24.2 Å². The molecule has 0 N–H and O–H groups in total. The summed E-state index contributed by atoms with van der Waals surface area (Å²) in [6.45, 7) is 0. The molecule has 0 radical (unpaired) electrons. The maximum Gasteiger partial charge on any atom is 0.237 e. The van der Waals surface area contributed by atoms with Gasteiger partial charge < -0.3 is 4.57 Å². The lowest BCUT2D eigenvalue weighted by Crippen LogP contribution is -2.74. The first-order valence-corrected chi connectivity index (χ1v) is 45.6. The Bertz CT molecular complexity index is 6780. The predicted octanol–water partition coefficient (Wildman–Crippen LogP) is 17.0. The van der Waals surface area contributed by atoms with Crippen molar-refractivity contribution in [3.8, 4) is 39.8 Å². The van der Waals surface area contributed by atoms with Gasteiger partial charge in [-0.2, -0.15) is 4.98 Å². The Hall–Kier alpha value is -13.9. The van der Waals surface area contributed by atoms with Gasteiger partial charge >= 0.3 is 0 Å². The zero-order valence-electron chi connectivity index (χ0n) is 62.8. The van der Waals surface area contributed by atoms with Gasteiger partial charge in [0, 0.05) is 44.2 Å². The quantitative estimate of drug-likeness (QED) is 0.0673. The molecule has 4 heterocycles. The van der Waals surface area contributed by atoms with Crippen LogP contribution in [0.15, 0.2) is 437 Å². The van der Waals surface area contributed by atoms with Crippen LogP contribution in [0, 0.1) is 0 Å². The molecule has 8 heteroatoms. The largest absolute Gasteiger partial charge is 0.309 e. The lowest BCUT2D eigenvalue weighted by Gasteiger charge is -2.35. The molecule has 0 saturated carbocycles. The fourth-order valence-electron chi connectivity index (χ4n) is 19.4. The molecule has 0 fully saturated rings. The van der Waals surface area contributed by atoms with E-state index in [-0.39, 0.29) is 0 Å². The Balaban J connectivity index is 0.856. The van der Waals surface area contributed by atoms with Crippen molar-refractivity contribution in [3.05, 3.63) is 448 Å². The fraction of sp³-hybridized carbons (Fsp3) is 0.0189.